The van der Waals surface area contributed by atoms with Gasteiger partial charge in [0, 0.05) is 17.0 Å². The molecular formula is C22H24ClNO4. The molecule has 0 aromatic heterocycles. The SMILES string of the molecule is CC[C@@H](NC(=O)COC(=O)CCC(=O)c1ccc(Cl)cc1)c1ccc(C)cc1. The zero-order valence-corrected chi connectivity index (χ0v) is 16.8. The zero-order valence-electron chi connectivity index (χ0n) is 16.0. The topological polar surface area (TPSA) is 72.5 Å². The van der Waals surface area contributed by atoms with Gasteiger partial charge in [0.1, 0.15) is 0 Å². The van der Waals surface area contributed by atoms with Crippen molar-refractivity contribution in [2.45, 2.75) is 39.2 Å². The number of benzene rings is 2. The summed E-state index contributed by atoms with van der Waals surface area (Å²) in [6.07, 6.45) is 0.658. The van der Waals surface area contributed by atoms with Gasteiger partial charge in [-0.15, -0.1) is 0 Å². The number of carbonyl (C=O) groups excluding carboxylic acids is 3. The molecule has 1 atom stereocenters. The molecule has 0 aliphatic rings. The van der Waals surface area contributed by atoms with Gasteiger partial charge in [-0.25, -0.2) is 0 Å². The monoisotopic (exact) mass is 401 g/mol. The minimum atomic E-state index is -0.583. The van der Waals surface area contributed by atoms with Gasteiger partial charge in [0.2, 0.25) is 0 Å². The number of carbonyl (C=O) groups is 3. The molecule has 0 fully saturated rings. The van der Waals surface area contributed by atoms with E-state index in [9.17, 15) is 14.4 Å². The van der Waals surface area contributed by atoms with Gasteiger partial charge in [-0.3, -0.25) is 14.4 Å². The number of halogens is 1. The second kappa shape index (κ2) is 10.6. The minimum absolute atomic E-state index is 0.0169. The van der Waals surface area contributed by atoms with Crippen molar-refractivity contribution in [2.24, 2.45) is 0 Å². The number of aryl methyl sites for hydroxylation is 1. The average Bonchev–Trinajstić information content (AvgIpc) is 2.70. The summed E-state index contributed by atoms with van der Waals surface area (Å²) in [6, 6.07) is 14.2. The maximum absolute atomic E-state index is 12.1. The lowest BCUT2D eigenvalue weighted by molar-refractivity contribution is -0.148. The number of rotatable bonds is 9. The number of ketones is 1. The summed E-state index contributed by atoms with van der Waals surface area (Å²) >= 11 is 5.78. The van der Waals surface area contributed by atoms with Crippen molar-refractivity contribution in [1.82, 2.24) is 5.32 Å². The molecule has 0 heterocycles. The lowest BCUT2D eigenvalue weighted by Crippen LogP contribution is -2.32. The maximum Gasteiger partial charge on any atom is 0.306 e. The van der Waals surface area contributed by atoms with Crippen LogP contribution < -0.4 is 5.32 Å². The molecule has 2 aromatic rings. The van der Waals surface area contributed by atoms with Crippen molar-refractivity contribution in [2.75, 3.05) is 6.61 Å². The molecule has 5 nitrogen and oxygen atoms in total. The molecule has 6 heteroatoms. The van der Waals surface area contributed by atoms with Crippen LogP contribution in [0.4, 0.5) is 0 Å². The van der Waals surface area contributed by atoms with Crippen molar-refractivity contribution in [3.8, 4) is 0 Å². The molecule has 0 spiro atoms. The highest BCUT2D eigenvalue weighted by Gasteiger charge is 2.15. The Hall–Kier alpha value is -2.66. The van der Waals surface area contributed by atoms with Crippen molar-refractivity contribution in [3.63, 3.8) is 0 Å². The molecule has 2 rings (SSSR count). The maximum atomic E-state index is 12.1. The van der Waals surface area contributed by atoms with Crippen molar-refractivity contribution < 1.29 is 19.1 Å². The molecule has 28 heavy (non-hydrogen) atoms. The summed E-state index contributed by atoms with van der Waals surface area (Å²) < 4.78 is 4.99. The van der Waals surface area contributed by atoms with Crippen LogP contribution in [0.5, 0.6) is 0 Å². The van der Waals surface area contributed by atoms with E-state index in [2.05, 4.69) is 5.32 Å². The predicted octanol–water partition coefficient (Wildman–Crippen LogP) is 4.42. The van der Waals surface area contributed by atoms with E-state index >= 15 is 0 Å². The Morgan fingerprint density at radius 3 is 2.25 bits per heavy atom. The molecule has 0 radical (unpaired) electrons. The van der Waals surface area contributed by atoms with Crippen LogP contribution in [0, 0.1) is 6.92 Å². The first kappa shape index (κ1) is 21.6. The number of esters is 1. The smallest absolute Gasteiger partial charge is 0.306 e. The Bertz CT molecular complexity index is 815. The summed E-state index contributed by atoms with van der Waals surface area (Å²) in [7, 11) is 0. The Morgan fingerprint density at radius 2 is 1.64 bits per heavy atom. The van der Waals surface area contributed by atoms with E-state index in [1.165, 1.54) is 0 Å². The quantitative estimate of drug-likeness (QED) is 0.498. The Balaban J connectivity index is 1.75. The van der Waals surface area contributed by atoms with E-state index in [-0.39, 0.29) is 37.2 Å². The molecular weight excluding hydrogens is 378 g/mol. The summed E-state index contributed by atoms with van der Waals surface area (Å²) in [6.45, 7) is 3.61. The Morgan fingerprint density at radius 1 is 1.00 bits per heavy atom. The first-order valence-corrected chi connectivity index (χ1v) is 9.57. The standard InChI is InChI=1S/C22H24ClNO4/c1-3-19(16-6-4-15(2)5-7-16)24-21(26)14-28-22(27)13-12-20(25)17-8-10-18(23)11-9-17/h4-11,19H,3,12-14H2,1-2H3,(H,24,26)/t19-/m1/s1. The van der Waals surface area contributed by atoms with Gasteiger partial charge in [-0.1, -0.05) is 48.4 Å². The van der Waals surface area contributed by atoms with Crippen LogP contribution in [0.1, 0.15) is 53.7 Å². The highest BCUT2D eigenvalue weighted by atomic mass is 35.5. The number of hydrogen-bond donors (Lipinski definition) is 1. The molecule has 0 aliphatic heterocycles. The van der Waals surface area contributed by atoms with E-state index in [4.69, 9.17) is 16.3 Å². The highest BCUT2D eigenvalue weighted by molar-refractivity contribution is 6.30. The minimum Gasteiger partial charge on any atom is -0.456 e. The molecule has 148 valence electrons. The molecule has 0 saturated heterocycles. The second-order valence-electron chi connectivity index (χ2n) is 6.53. The third-order valence-electron chi connectivity index (χ3n) is 4.31. The van der Waals surface area contributed by atoms with Gasteiger partial charge in [-0.2, -0.15) is 0 Å². The fraction of sp³-hybridized carbons (Fsp3) is 0.318. The molecule has 1 amide bonds. The normalized spacial score (nSPS) is 11.5. The summed E-state index contributed by atoms with van der Waals surface area (Å²) in [4.78, 5) is 35.9. The number of nitrogens with one attached hydrogen (secondary N) is 1. The third-order valence-corrected chi connectivity index (χ3v) is 4.56. The van der Waals surface area contributed by atoms with Gasteiger partial charge in [0.15, 0.2) is 12.4 Å². The first-order chi connectivity index (χ1) is 13.4. The summed E-state index contributed by atoms with van der Waals surface area (Å²) in [5.74, 6) is -1.13. The largest absolute Gasteiger partial charge is 0.456 e. The zero-order chi connectivity index (χ0) is 20.5. The van der Waals surface area contributed by atoms with Crippen molar-refractivity contribution in [3.05, 3.63) is 70.2 Å². The van der Waals surface area contributed by atoms with Gasteiger partial charge in [-0.05, 0) is 43.2 Å². The first-order valence-electron chi connectivity index (χ1n) is 9.19. The number of ether oxygens (including phenoxy) is 1. The fourth-order valence-corrected chi connectivity index (χ4v) is 2.80. The van der Waals surface area contributed by atoms with Crippen LogP contribution >= 0.6 is 11.6 Å². The van der Waals surface area contributed by atoms with Crippen LogP contribution in [0.25, 0.3) is 0 Å². The van der Waals surface area contributed by atoms with Gasteiger partial charge in [0.25, 0.3) is 5.91 Å². The number of hydrogen-bond acceptors (Lipinski definition) is 4. The van der Waals surface area contributed by atoms with E-state index in [0.29, 0.717) is 10.6 Å². The lowest BCUT2D eigenvalue weighted by Gasteiger charge is -2.17. The van der Waals surface area contributed by atoms with E-state index in [1.807, 2.05) is 38.1 Å². The fourth-order valence-electron chi connectivity index (χ4n) is 2.67. The lowest BCUT2D eigenvalue weighted by atomic mass is 10.0. The summed E-state index contributed by atoms with van der Waals surface area (Å²) in [5.41, 5.74) is 2.63. The van der Waals surface area contributed by atoms with Crippen molar-refractivity contribution >= 4 is 29.3 Å². The van der Waals surface area contributed by atoms with Crippen molar-refractivity contribution in [1.29, 1.82) is 0 Å². The second-order valence-corrected chi connectivity index (χ2v) is 6.97. The molecule has 0 bridgehead atoms. The van der Waals surface area contributed by atoms with E-state index in [1.54, 1.807) is 24.3 Å². The number of Topliss-reactive ketones (excluding diaryl/α,β-unsaturated/α-hetero) is 1. The van der Waals surface area contributed by atoms with Gasteiger partial charge < -0.3 is 10.1 Å². The molecule has 2 aromatic carbocycles. The van der Waals surface area contributed by atoms with Crippen LogP contribution in [0.2, 0.25) is 5.02 Å². The van der Waals surface area contributed by atoms with Crippen LogP contribution in [0.15, 0.2) is 48.5 Å². The molecule has 0 unspecified atom stereocenters. The van der Waals surface area contributed by atoms with E-state index < -0.39 is 5.97 Å². The Kier molecular flexibility index (Phi) is 8.20. The molecule has 0 saturated carbocycles. The van der Waals surface area contributed by atoms with Gasteiger partial charge in [0.05, 0.1) is 12.5 Å². The van der Waals surface area contributed by atoms with Crippen LogP contribution in [-0.2, 0) is 14.3 Å². The molecule has 1 N–H and O–H groups in total. The third kappa shape index (κ3) is 6.82. The van der Waals surface area contributed by atoms with Gasteiger partial charge >= 0.3 is 5.97 Å². The van der Waals surface area contributed by atoms with Crippen LogP contribution in [-0.4, -0.2) is 24.3 Å². The average molecular weight is 402 g/mol. The predicted molar refractivity (Wildman–Crippen MR) is 108 cm³/mol. The number of amides is 1. The highest BCUT2D eigenvalue weighted by Crippen LogP contribution is 2.17. The van der Waals surface area contributed by atoms with E-state index in [0.717, 1.165) is 17.5 Å². The van der Waals surface area contributed by atoms with Crippen LogP contribution in [0.3, 0.4) is 0 Å². The Labute approximate surface area is 170 Å². The molecule has 0 aliphatic carbocycles. The summed E-state index contributed by atoms with van der Waals surface area (Å²) in [5, 5.41) is 3.40.